The summed E-state index contributed by atoms with van der Waals surface area (Å²) in [5.74, 6) is 0.0507. The molecule has 1 aliphatic rings. The van der Waals surface area contributed by atoms with Crippen molar-refractivity contribution >= 4 is 5.91 Å². The molecule has 4 nitrogen and oxygen atoms in total. The molecule has 1 fully saturated rings. The van der Waals surface area contributed by atoms with E-state index in [2.05, 4.69) is 5.32 Å². The standard InChI is InChI=1S/C14H28N2O2/c1-3-14(4-2,9-15)12(18)16-10-13(11-17)7-5-6-8-13/h17H,3-11,15H2,1-2H3,(H,16,18). The van der Waals surface area contributed by atoms with Crippen molar-refractivity contribution in [3.8, 4) is 0 Å². The van der Waals surface area contributed by atoms with E-state index in [0.29, 0.717) is 13.1 Å². The summed E-state index contributed by atoms with van der Waals surface area (Å²) in [5.41, 5.74) is 5.25. The van der Waals surface area contributed by atoms with Crippen molar-refractivity contribution in [2.75, 3.05) is 19.7 Å². The lowest BCUT2D eigenvalue weighted by Crippen LogP contribution is -2.48. The van der Waals surface area contributed by atoms with Crippen LogP contribution in [-0.2, 0) is 4.79 Å². The number of rotatable bonds is 7. The number of aliphatic hydroxyl groups is 1. The first-order valence-corrected chi connectivity index (χ1v) is 7.17. The van der Waals surface area contributed by atoms with Gasteiger partial charge in [-0.1, -0.05) is 26.7 Å². The van der Waals surface area contributed by atoms with Gasteiger partial charge >= 0.3 is 0 Å². The van der Waals surface area contributed by atoms with Crippen LogP contribution in [0.3, 0.4) is 0 Å². The predicted molar refractivity (Wildman–Crippen MR) is 73.1 cm³/mol. The lowest BCUT2D eigenvalue weighted by molar-refractivity contribution is -0.131. The first-order valence-electron chi connectivity index (χ1n) is 7.17. The molecular formula is C14H28N2O2. The van der Waals surface area contributed by atoms with Crippen LogP contribution in [0.15, 0.2) is 0 Å². The van der Waals surface area contributed by atoms with Gasteiger partial charge in [0, 0.05) is 18.5 Å². The summed E-state index contributed by atoms with van der Waals surface area (Å²) in [4.78, 5) is 12.3. The Kier molecular flexibility index (Phi) is 5.60. The summed E-state index contributed by atoms with van der Waals surface area (Å²) in [6.45, 7) is 5.16. The summed E-state index contributed by atoms with van der Waals surface area (Å²) in [6.07, 6.45) is 5.85. The van der Waals surface area contributed by atoms with E-state index < -0.39 is 5.41 Å². The molecule has 1 aliphatic carbocycles. The van der Waals surface area contributed by atoms with E-state index in [-0.39, 0.29) is 17.9 Å². The minimum absolute atomic E-state index is 0.0507. The average molecular weight is 256 g/mol. The molecule has 0 spiro atoms. The van der Waals surface area contributed by atoms with Crippen LogP contribution in [0.2, 0.25) is 0 Å². The second kappa shape index (κ2) is 6.53. The number of aliphatic hydroxyl groups excluding tert-OH is 1. The van der Waals surface area contributed by atoms with Gasteiger partial charge in [-0.2, -0.15) is 0 Å². The van der Waals surface area contributed by atoms with E-state index >= 15 is 0 Å². The SMILES string of the molecule is CCC(CC)(CN)C(=O)NCC1(CO)CCCC1. The zero-order valence-electron chi connectivity index (χ0n) is 11.8. The molecule has 0 radical (unpaired) electrons. The van der Waals surface area contributed by atoms with Gasteiger partial charge in [-0.3, -0.25) is 4.79 Å². The third-order valence-electron chi connectivity index (χ3n) is 4.85. The number of carbonyl (C=O) groups excluding carboxylic acids is 1. The number of carbonyl (C=O) groups is 1. The molecule has 0 aromatic heterocycles. The van der Waals surface area contributed by atoms with Crippen molar-refractivity contribution in [3.63, 3.8) is 0 Å². The number of amides is 1. The Morgan fingerprint density at radius 2 is 1.89 bits per heavy atom. The maximum Gasteiger partial charge on any atom is 0.227 e. The van der Waals surface area contributed by atoms with Gasteiger partial charge in [-0.05, 0) is 25.7 Å². The maximum absolute atomic E-state index is 12.3. The van der Waals surface area contributed by atoms with E-state index in [9.17, 15) is 9.90 Å². The Hall–Kier alpha value is -0.610. The quantitative estimate of drug-likeness (QED) is 0.645. The third-order valence-corrected chi connectivity index (χ3v) is 4.85. The van der Waals surface area contributed by atoms with Gasteiger partial charge in [0.05, 0.1) is 12.0 Å². The molecular weight excluding hydrogens is 228 g/mol. The van der Waals surface area contributed by atoms with Gasteiger partial charge in [0.2, 0.25) is 5.91 Å². The van der Waals surface area contributed by atoms with Crippen molar-refractivity contribution in [2.24, 2.45) is 16.6 Å². The van der Waals surface area contributed by atoms with Gasteiger partial charge in [0.25, 0.3) is 0 Å². The monoisotopic (exact) mass is 256 g/mol. The highest BCUT2D eigenvalue weighted by Crippen LogP contribution is 2.37. The Morgan fingerprint density at radius 3 is 2.28 bits per heavy atom. The van der Waals surface area contributed by atoms with Crippen molar-refractivity contribution in [3.05, 3.63) is 0 Å². The van der Waals surface area contributed by atoms with E-state index in [0.717, 1.165) is 38.5 Å². The molecule has 0 unspecified atom stereocenters. The first-order chi connectivity index (χ1) is 8.58. The number of nitrogens with one attached hydrogen (secondary N) is 1. The number of hydrogen-bond donors (Lipinski definition) is 3. The van der Waals surface area contributed by atoms with Crippen LogP contribution < -0.4 is 11.1 Å². The smallest absolute Gasteiger partial charge is 0.227 e. The minimum Gasteiger partial charge on any atom is -0.396 e. The maximum atomic E-state index is 12.3. The van der Waals surface area contributed by atoms with Crippen molar-refractivity contribution in [1.29, 1.82) is 0 Å². The molecule has 106 valence electrons. The third kappa shape index (κ3) is 3.04. The number of hydrogen-bond acceptors (Lipinski definition) is 3. The lowest BCUT2D eigenvalue weighted by atomic mass is 9.80. The molecule has 0 heterocycles. The lowest BCUT2D eigenvalue weighted by Gasteiger charge is -2.32. The molecule has 1 amide bonds. The summed E-state index contributed by atoms with van der Waals surface area (Å²) >= 11 is 0. The summed E-state index contributed by atoms with van der Waals surface area (Å²) in [5, 5.41) is 12.6. The molecule has 18 heavy (non-hydrogen) atoms. The summed E-state index contributed by atoms with van der Waals surface area (Å²) in [7, 11) is 0. The van der Waals surface area contributed by atoms with Crippen LogP contribution in [0.1, 0.15) is 52.4 Å². The zero-order valence-corrected chi connectivity index (χ0v) is 11.8. The fraction of sp³-hybridized carbons (Fsp3) is 0.929. The normalized spacial score (nSPS) is 18.9. The van der Waals surface area contributed by atoms with Crippen LogP contribution in [0, 0.1) is 10.8 Å². The topological polar surface area (TPSA) is 75.4 Å². The highest BCUT2D eigenvalue weighted by Gasteiger charge is 2.37. The van der Waals surface area contributed by atoms with Crippen LogP contribution >= 0.6 is 0 Å². The van der Waals surface area contributed by atoms with E-state index in [1.54, 1.807) is 0 Å². The largest absolute Gasteiger partial charge is 0.396 e. The molecule has 4 heteroatoms. The molecule has 0 bridgehead atoms. The molecule has 4 N–H and O–H groups in total. The van der Waals surface area contributed by atoms with Crippen LogP contribution in [-0.4, -0.2) is 30.7 Å². The highest BCUT2D eigenvalue weighted by molar-refractivity contribution is 5.82. The Balaban J connectivity index is 2.59. The van der Waals surface area contributed by atoms with E-state index in [1.165, 1.54) is 0 Å². The van der Waals surface area contributed by atoms with Gasteiger partial charge in [-0.25, -0.2) is 0 Å². The van der Waals surface area contributed by atoms with Crippen molar-refractivity contribution < 1.29 is 9.90 Å². The van der Waals surface area contributed by atoms with Crippen LogP contribution in [0.5, 0.6) is 0 Å². The number of nitrogens with two attached hydrogens (primary N) is 1. The molecule has 0 atom stereocenters. The zero-order chi connectivity index (χ0) is 13.6. The summed E-state index contributed by atoms with van der Waals surface area (Å²) in [6, 6.07) is 0. The molecule has 0 aromatic rings. The highest BCUT2D eigenvalue weighted by atomic mass is 16.3. The average Bonchev–Trinajstić information content (AvgIpc) is 2.88. The van der Waals surface area contributed by atoms with Crippen molar-refractivity contribution in [1.82, 2.24) is 5.32 Å². The Bertz CT molecular complexity index is 261. The van der Waals surface area contributed by atoms with Gasteiger partial charge in [0.1, 0.15) is 0 Å². The van der Waals surface area contributed by atoms with Gasteiger partial charge < -0.3 is 16.2 Å². The Morgan fingerprint density at radius 1 is 1.33 bits per heavy atom. The minimum atomic E-state index is -0.435. The fourth-order valence-electron chi connectivity index (χ4n) is 2.92. The molecule has 0 aliphatic heterocycles. The molecule has 0 aromatic carbocycles. The Labute approximate surface area is 110 Å². The van der Waals surface area contributed by atoms with Crippen molar-refractivity contribution in [2.45, 2.75) is 52.4 Å². The van der Waals surface area contributed by atoms with Crippen LogP contribution in [0.25, 0.3) is 0 Å². The second-order valence-electron chi connectivity index (χ2n) is 5.74. The fourth-order valence-corrected chi connectivity index (χ4v) is 2.92. The van der Waals surface area contributed by atoms with Gasteiger partial charge in [0.15, 0.2) is 0 Å². The van der Waals surface area contributed by atoms with E-state index in [1.807, 2.05) is 13.8 Å². The first kappa shape index (κ1) is 15.4. The molecule has 0 saturated heterocycles. The van der Waals surface area contributed by atoms with E-state index in [4.69, 9.17) is 5.73 Å². The predicted octanol–water partition coefficient (Wildman–Crippen LogP) is 1.42. The van der Waals surface area contributed by atoms with Gasteiger partial charge in [-0.15, -0.1) is 0 Å². The summed E-state index contributed by atoms with van der Waals surface area (Å²) < 4.78 is 0. The molecule has 1 rings (SSSR count). The molecule has 1 saturated carbocycles. The second-order valence-corrected chi connectivity index (χ2v) is 5.74. The van der Waals surface area contributed by atoms with Crippen LogP contribution in [0.4, 0.5) is 0 Å².